The number of carbonyl (C=O) groups excluding carboxylic acids is 1. The Morgan fingerprint density at radius 3 is 2.36 bits per heavy atom. The van der Waals surface area contributed by atoms with E-state index in [2.05, 4.69) is 6.07 Å². The van der Waals surface area contributed by atoms with Crippen molar-refractivity contribution in [3.8, 4) is 11.5 Å². The summed E-state index contributed by atoms with van der Waals surface area (Å²) in [6.45, 7) is 3.87. The zero-order chi connectivity index (χ0) is 19.0. The van der Waals surface area contributed by atoms with Gasteiger partial charge in [0.05, 0.1) is 19.1 Å². The number of amides is 1. The number of rotatable bonds is 3. The summed E-state index contributed by atoms with van der Waals surface area (Å²) in [7, 11) is 0. The Labute approximate surface area is 166 Å². The third-order valence-corrected chi connectivity index (χ3v) is 6.71. The number of benzene rings is 1. The second-order valence-electron chi connectivity index (χ2n) is 8.36. The van der Waals surface area contributed by atoms with Crippen LogP contribution in [0.3, 0.4) is 0 Å². The first-order valence-corrected chi connectivity index (χ1v) is 10.7. The first-order valence-electron chi connectivity index (χ1n) is 10.7. The highest BCUT2D eigenvalue weighted by Crippen LogP contribution is 2.42. The van der Waals surface area contributed by atoms with Crippen molar-refractivity contribution in [3.05, 3.63) is 23.8 Å². The molecule has 2 saturated heterocycles. The van der Waals surface area contributed by atoms with Crippen molar-refractivity contribution in [3.63, 3.8) is 0 Å². The molecule has 1 saturated carbocycles. The second kappa shape index (κ2) is 7.56. The summed E-state index contributed by atoms with van der Waals surface area (Å²) in [6.07, 6.45) is 6.19. The van der Waals surface area contributed by atoms with E-state index < -0.39 is 5.79 Å². The van der Waals surface area contributed by atoms with Crippen LogP contribution in [0.25, 0.3) is 0 Å². The summed E-state index contributed by atoms with van der Waals surface area (Å²) in [6, 6.07) is 6.05. The number of piperidine rings is 1. The summed E-state index contributed by atoms with van der Waals surface area (Å²) in [5.41, 5.74) is 1.06. The molecule has 1 aromatic carbocycles. The van der Waals surface area contributed by atoms with Crippen LogP contribution in [0, 0.1) is 5.92 Å². The van der Waals surface area contributed by atoms with Gasteiger partial charge in [0.15, 0.2) is 17.3 Å². The Morgan fingerprint density at radius 1 is 0.964 bits per heavy atom. The lowest BCUT2D eigenvalue weighted by molar-refractivity contribution is -0.188. The second-order valence-corrected chi connectivity index (χ2v) is 8.36. The summed E-state index contributed by atoms with van der Waals surface area (Å²) < 4.78 is 23.1. The first kappa shape index (κ1) is 18.3. The molecule has 0 aromatic heterocycles. The molecule has 5 rings (SSSR count). The molecule has 28 heavy (non-hydrogen) atoms. The summed E-state index contributed by atoms with van der Waals surface area (Å²) in [5.74, 6) is 1.66. The minimum absolute atomic E-state index is 0.0993. The minimum atomic E-state index is -0.448. The van der Waals surface area contributed by atoms with Gasteiger partial charge in [0, 0.05) is 25.9 Å². The fraction of sp³-hybridized carbons (Fsp3) is 0.682. The molecule has 0 N–H and O–H groups in total. The van der Waals surface area contributed by atoms with E-state index in [4.69, 9.17) is 18.9 Å². The van der Waals surface area contributed by atoms with Crippen LogP contribution in [0.1, 0.15) is 50.0 Å². The standard InChI is InChI=1S/C22H29NO5/c24-21(23-9-7-22(8-10-23)27-13-14-28-22)20(16-3-1-2-4-16)17-5-6-18-19(15-17)26-12-11-25-18/h5-6,15-16,20H,1-4,7-14H2. The molecular formula is C22H29NO5. The molecule has 1 spiro atoms. The smallest absolute Gasteiger partial charge is 0.230 e. The topological polar surface area (TPSA) is 57.2 Å². The van der Waals surface area contributed by atoms with Gasteiger partial charge >= 0.3 is 0 Å². The summed E-state index contributed by atoms with van der Waals surface area (Å²) in [4.78, 5) is 15.7. The van der Waals surface area contributed by atoms with Gasteiger partial charge in [0.2, 0.25) is 5.91 Å². The SMILES string of the molecule is O=C(C(c1ccc2c(c1)OCCO2)C1CCCC1)N1CCC2(CC1)OCCO2. The van der Waals surface area contributed by atoms with Crippen LogP contribution in [0.2, 0.25) is 0 Å². The maximum atomic E-state index is 13.6. The van der Waals surface area contributed by atoms with Gasteiger partial charge in [-0.05, 0) is 36.5 Å². The number of hydrogen-bond acceptors (Lipinski definition) is 5. The highest BCUT2D eigenvalue weighted by Gasteiger charge is 2.43. The third-order valence-electron chi connectivity index (χ3n) is 6.71. The predicted octanol–water partition coefficient (Wildman–Crippen LogP) is 3.10. The molecular weight excluding hydrogens is 358 g/mol. The van der Waals surface area contributed by atoms with E-state index in [-0.39, 0.29) is 11.8 Å². The Balaban J connectivity index is 1.37. The van der Waals surface area contributed by atoms with Crippen molar-refractivity contribution in [2.45, 2.75) is 50.2 Å². The molecule has 3 heterocycles. The Bertz CT molecular complexity index is 714. The van der Waals surface area contributed by atoms with Crippen molar-refractivity contribution < 1.29 is 23.7 Å². The van der Waals surface area contributed by atoms with Gasteiger partial charge in [-0.25, -0.2) is 0 Å². The van der Waals surface area contributed by atoms with E-state index in [9.17, 15) is 4.79 Å². The Kier molecular flexibility index (Phi) is 4.93. The summed E-state index contributed by atoms with van der Waals surface area (Å²) >= 11 is 0. The number of fused-ring (bicyclic) bond motifs is 1. The maximum Gasteiger partial charge on any atom is 0.230 e. The van der Waals surface area contributed by atoms with Gasteiger partial charge in [0.1, 0.15) is 13.2 Å². The van der Waals surface area contributed by atoms with E-state index in [1.807, 2.05) is 17.0 Å². The van der Waals surface area contributed by atoms with Crippen LogP contribution in [-0.4, -0.2) is 56.1 Å². The van der Waals surface area contributed by atoms with Crippen molar-refractivity contribution in [1.29, 1.82) is 0 Å². The van der Waals surface area contributed by atoms with E-state index in [1.54, 1.807) is 0 Å². The van der Waals surface area contributed by atoms with Crippen LogP contribution in [-0.2, 0) is 14.3 Å². The van der Waals surface area contributed by atoms with Crippen LogP contribution in [0.5, 0.6) is 11.5 Å². The Hall–Kier alpha value is -1.79. The normalized spacial score (nSPS) is 25.2. The fourth-order valence-corrected chi connectivity index (χ4v) is 5.21. The molecule has 3 aliphatic heterocycles. The molecule has 4 aliphatic rings. The lowest BCUT2D eigenvalue weighted by Gasteiger charge is -2.39. The van der Waals surface area contributed by atoms with Gasteiger partial charge in [-0.15, -0.1) is 0 Å². The molecule has 152 valence electrons. The number of hydrogen-bond donors (Lipinski definition) is 0. The van der Waals surface area contributed by atoms with Crippen LogP contribution in [0.15, 0.2) is 18.2 Å². The van der Waals surface area contributed by atoms with Gasteiger partial charge in [0.25, 0.3) is 0 Å². The summed E-state index contributed by atoms with van der Waals surface area (Å²) in [5, 5.41) is 0. The fourth-order valence-electron chi connectivity index (χ4n) is 5.21. The molecule has 6 nitrogen and oxygen atoms in total. The molecule has 1 atom stereocenters. The maximum absolute atomic E-state index is 13.6. The van der Waals surface area contributed by atoms with Gasteiger partial charge in [-0.3, -0.25) is 4.79 Å². The zero-order valence-electron chi connectivity index (χ0n) is 16.4. The minimum Gasteiger partial charge on any atom is -0.486 e. The van der Waals surface area contributed by atoms with E-state index in [0.717, 1.165) is 42.7 Å². The van der Waals surface area contributed by atoms with E-state index >= 15 is 0 Å². The Morgan fingerprint density at radius 2 is 1.64 bits per heavy atom. The molecule has 3 fully saturated rings. The van der Waals surface area contributed by atoms with Gasteiger partial charge < -0.3 is 23.8 Å². The van der Waals surface area contributed by atoms with Gasteiger partial charge in [-0.1, -0.05) is 18.9 Å². The van der Waals surface area contributed by atoms with Crippen LogP contribution < -0.4 is 9.47 Å². The molecule has 0 bridgehead atoms. The van der Waals surface area contributed by atoms with Crippen molar-refractivity contribution in [1.82, 2.24) is 4.90 Å². The zero-order valence-corrected chi connectivity index (χ0v) is 16.4. The highest BCUT2D eigenvalue weighted by atomic mass is 16.7. The number of likely N-dealkylation sites (tertiary alicyclic amines) is 1. The van der Waals surface area contributed by atoms with E-state index in [1.165, 1.54) is 12.8 Å². The predicted molar refractivity (Wildman–Crippen MR) is 103 cm³/mol. The largest absolute Gasteiger partial charge is 0.486 e. The molecule has 0 radical (unpaired) electrons. The quantitative estimate of drug-likeness (QED) is 0.798. The van der Waals surface area contributed by atoms with Crippen molar-refractivity contribution in [2.24, 2.45) is 5.92 Å². The number of ether oxygens (including phenoxy) is 4. The monoisotopic (exact) mass is 387 g/mol. The number of carbonyl (C=O) groups is 1. The van der Waals surface area contributed by atoms with Crippen molar-refractivity contribution >= 4 is 5.91 Å². The lowest BCUT2D eigenvalue weighted by atomic mass is 9.83. The third kappa shape index (κ3) is 3.37. The average molecular weight is 387 g/mol. The molecule has 1 aliphatic carbocycles. The lowest BCUT2D eigenvalue weighted by Crippen LogP contribution is -2.49. The molecule has 6 heteroatoms. The highest BCUT2D eigenvalue weighted by molar-refractivity contribution is 5.84. The molecule has 1 amide bonds. The van der Waals surface area contributed by atoms with Crippen molar-refractivity contribution in [2.75, 3.05) is 39.5 Å². The first-order chi connectivity index (χ1) is 13.7. The van der Waals surface area contributed by atoms with E-state index in [0.29, 0.717) is 45.4 Å². The average Bonchev–Trinajstić information content (AvgIpc) is 3.42. The molecule has 1 unspecified atom stereocenters. The van der Waals surface area contributed by atoms with Crippen LogP contribution >= 0.6 is 0 Å². The number of nitrogens with zero attached hydrogens (tertiary/aromatic N) is 1. The van der Waals surface area contributed by atoms with Gasteiger partial charge in [-0.2, -0.15) is 0 Å². The molecule has 1 aromatic rings. The van der Waals surface area contributed by atoms with Crippen LogP contribution in [0.4, 0.5) is 0 Å².